The molecular weight excluding hydrogens is 412 g/mol. The second-order valence-corrected chi connectivity index (χ2v) is 11.8. The van der Waals surface area contributed by atoms with Gasteiger partial charge in [0.05, 0.1) is 36.3 Å². The van der Waals surface area contributed by atoms with Gasteiger partial charge in [-0.15, -0.1) is 0 Å². The summed E-state index contributed by atoms with van der Waals surface area (Å²) in [5.41, 5.74) is -2.34. The molecule has 0 amide bonds. The number of aliphatic hydroxyl groups is 1. The molecule has 0 spiro atoms. The Morgan fingerprint density at radius 2 is 1.69 bits per heavy atom. The van der Waals surface area contributed by atoms with Crippen molar-refractivity contribution in [2.75, 3.05) is 26.4 Å². The van der Waals surface area contributed by atoms with Crippen LogP contribution in [0.2, 0.25) is 0 Å². The highest BCUT2D eigenvalue weighted by Gasteiger charge is 2.61. The van der Waals surface area contributed by atoms with Crippen molar-refractivity contribution in [2.45, 2.75) is 96.4 Å². The van der Waals surface area contributed by atoms with Gasteiger partial charge in [-0.3, -0.25) is 9.59 Å². The van der Waals surface area contributed by atoms with Crippen LogP contribution in [0.25, 0.3) is 0 Å². The van der Waals surface area contributed by atoms with Crippen LogP contribution in [-0.4, -0.2) is 60.8 Å². The lowest BCUT2D eigenvalue weighted by Gasteiger charge is -2.61. The Hall–Kier alpha value is -1.18. The number of esters is 2. The van der Waals surface area contributed by atoms with E-state index in [9.17, 15) is 14.7 Å². The number of hydrogen-bond acceptors (Lipinski definition) is 7. The van der Waals surface area contributed by atoms with Crippen LogP contribution in [0, 0.1) is 22.7 Å². The molecule has 4 aliphatic carbocycles. The van der Waals surface area contributed by atoms with Crippen molar-refractivity contribution >= 4 is 11.9 Å². The van der Waals surface area contributed by atoms with Crippen molar-refractivity contribution in [3.05, 3.63) is 0 Å². The molecule has 182 valence electrons. The van der Waals surface area contributed by atoms with E-state index in [1.54, 1.807) is 0 Å². The highest BCUT2D eigenvalue weighted by molar-refractivity contribution is 5.80. The molecule has 0 aromatic rings. The fourth-order valence-electron chi connectivity index (χ4n) is 6.88. The summed E-state index contributed by atoms with van der Waals surface area (Å²) in [5, 5.41) is 9.28. The maximum atomic E-state index is 13.5. The van der Waals surface area contributed by atoms with Gasteiger partial charge in [-0.25, -0.2) is 0 Å². The largest absolute Gasteiger partial charge is 0.462 e. The quantitative estimate of drug-likeness (QED) is 0.379. The van der Waals surface area contributed by atoms with Crippen molar-refractivity contribution < 1.29 is 33.6 Å². The SMILES string of the molecule is CCC(C)(CC(C)(C)C(=O)OC12CC3CC(CC(OCCO)(C3)C1)C2)C(=O)OCC1CO1. The average molecular weight is 453 g/mol. The molecule has 7 heteroatoms. The molecule has 4 unspecified atom stereocenters. The topological polar surface area (TPSA) is 94.6 Å². The third kappa shape index (κ3) is 4.85. The van der Waals surface area contributed by atoms with Crippen LogP contribution in [0.1, 0.15) is 79.1 Å². The number of aliphatic hydroxyl groups excluding tert-OH is 1. The lowest BCUT2D eigenvalue weighted by Crippen LogP contribution is -2.62. The predicted molar refractivity (Wildman–Crippen MR) is 117 cm³/mol. The maximum Gasteiger partial charge on any atom is 0.312 e. The van der Waals surface area contributed by atoms with Gasteiger partial charge in [0.15, 0.2) is 0 Å². The molecule has 1 N–H and O–H groups in total. The van der Waals surface area contributed by atoms with Gasteiger partial charge in [0, 0.05) is 6.42 Å². The van der Waals surface area contributed by atoms with Crippen molar-refractivity contribution in [3.63, 3.8) is 0 Å². The molecule has 1 heterocycles. The van der Waals surface area contributed by atoms with Gasteiger partial charge in [0.25, 0.3) is 0 Å². The van der Waals surface area contributed by atoms with Gasteiger partial charge in [0.1, 0.15) is 18.3 Å². The summed E-state index contributed by atoms with van der Waals surface area (Å²) in [6.45, 7) is 8.84. The molecule has 7 nitrogen and oxygen atoms in total. The van der Waals surface area contributed by atoms with Gasteiger partial charge in [0.2, 0.25) is 0 Å². The number of carbonyl (C=O) groups excluding carboxylic acids is 2. The first kappa shape index (κ1) is 24.0. The zero-order chi connectivity index (χ0) is 23.2. The van der Waals surface area contributed by atoms with E-state index in [-0.39, 0.29) is 36.9 Å². The minimum absolute atomic E-state index is 0.00940. The zero-order valence-corrected chi connectivity index (χ0v) is 20.1. The van der Waals surface area contributed by atoms with Crippen molar-refractivity contribution in [1.29, 1.82) is 0 Å². The minimum atomic E-state index is -0.817. The molecule has 4 saturated carbocycles. The van der Waals surface area contributed by atoms with Crippen LogP contribution in [0.5, 0.6) is 0 Å². The molecular formula is C25H40O7. The van der Waals surface area contributed by atoms with Crippen LogP contribution >= 0.6 is 0 Å². The van der Waals surface area contributed by atoms with Crippen molar-refractivity contribution in [3.8, 4) is 0 Å². The molecule has 0 aromatic heterocycles. The summed E-state index contributed by atoms with van der Waals surface area (Å²) in [5.74, 6) is 0.495. The van der Waals surface area contributed by atoms with Crippen LogP contribution < -0.4 is 0 Å². The molecule has 5 fully saturated rings. The molecule has 4 atom stereocenters. The highest BCUT2D eigenvalue weighted by Crippen LogP contribution is 2.60. The van der Waals surface area contributed by atoms with Crippen LogP contribution in [0.4, 0.5) is 0 Å². The summed E-state index contributed by atoms with van der Waals surface area (Å²) < 4.78 is 23.1. The summed E-state index contributed by atoms with van der Waals surface area (Å²) in [6, 6.07) is 0. The Kier molecular flexibility index (Phi) is 6.40. The first-order valence-corrected chi connectivity index (χ1v) is 12.3. The molecule has 1 saturated heterocycles. The predicted octanol–water partition coefficient (Wildman–Crippen LogP) is 3.40. The third-order valence-electron chi connectivity index (χ3n) is 8.22. The molecule has 0 aromatic carbocycles. The Balaban J connectivity index is 1.43. The summed E-state index contributed by atoms with van der Waals surface area (Å²) >= 11 is 0. The minimum Gasteiger partial charge on any atom is -0.462 e. The molecule has 32 heavy (non-hydrogen) atoms. The van der Waals surface area contributed by atoms with Crippen molar-refractivity contribution in [1.82, 2.24) is 0 Å². The normalized spacial score (nSPS) is 37.1. The van der Waals surface area contributed by atoms with E-state index in [0.717, 1.165) is 25.7 Å². The zero-order valence-electron chi connectivity index (χ0n) is 20.1. The van der Waals surface area contributed by atoms with E-state index in [2.05, 4.69) is 0 Å². The Morgan fingerprint density at radius 3 is 2.25 bits per heavy atom. The lowest BCUT2D eigenvalue weighted by atomic mass is 9.52. The third-order valence-corrected chi connectivity index (χ3v) is 8.22. The highest BCUT2D eigenvalue weighted by atomic mass is 16.6. The van der Waals surface area contributed by atoms with E-state index >= 15 is 0 Å². The standard InChI is InChI=1S/C25H40O7/c1-5-23(4,21(28)30-14-19-13-29-19)15-22(2,3)20(27)32-25-11-17-8-18(12-25)10-24(9-17,16-25)31-7-6-26/h17-19,26H,5-16H2,1-4H3. The van der Waals surface area contributed by atoms with E-state index in [4.69, 9.17) is 18.9 Å². The number of ether oxygens (including phenoxy) is 4. The van der Waals surface area contributed by atoms with Gasteiger partial charge >= 0.3 is 11.9 Å². The molecule has 5 aliphatic rings. The second kappa shape index (κ2) is 8.55. The fourth-order valence-corrected chi connectivity index (χ4v) is 6.88. The maximum absolute atomic E-state index is 13.5. The monoisotopic (exact) mass is 452 g/mol. The number of hydrogen-bond donors (Lipinski definition) is 1. The Labute approximate surface area is 191 Å². The number of epoxide rings is 1. The van der Waals surface area contributed by atoms with Gasteiger partial charge in [-0.2, -0.15) is 0 Å². The first-order chi connectivity index (χ1) is 15.0. The summed E-state index contributed by atoms with van der Waals surface area (Å²) in [7, 11) is 0. The van der Waals surface area contributed by atoms with E-state index in [1.165, 1.54) is 6.42 Å². The van der Waals surface area contributed by atoms with E-state index in [1.807, 2.05) is 27.7 Å². The van der Waals surface area contributed by atoms with Crippen molar-refractivity contribution in [2.24, 2.45) is 22.7 Å². The summed E-state index contributed by atoms with van der Waals surface area (Å²) in [4.78, 5) is 26.3. The first-order valence-electron chi connectivity index (χ1n) is 12.3. The van der Waals surface area contributed by atoms with Gasteiger partial charge in [-0.05, 0) is 77.6 Å². The Morgan fingerprint density at radius 1 is 1.06 bits per heavy atom. The van der Waals surface area contributed by atoms with Gasteiger partial charge < -0.3 is 24.1 Å². The van der Waals surface area contributed by atoms with E-state index < -0.39 is 16.4 Å². The molecule has 4 bridgehead atoms. The fraction of sp³-hybridized carbons (Fsp3) is 0.920. The molecule has 5 rings (SSSR count). The van der Waals surface area contributed by atoms with Gasteiger partial charge in [-0.1, -0.05) is 6.92 Å². The van der Waals surface area contributed by atoms with E-state index in [0.29, 0.717) is 44.3 Å². The Bertz CT molecular complexity index is 714. The van der Waals surface area contributed by atoms with Crippen LogP contribution in [-0.2, 0) is 28.5 Å². The molecule has 0 radical (unpaired) electrons. The smallest absolute Gasteiger partial charge is 0.312 e. The van der Waals surface area contributed by atoms with Crippen LogP contribution in [0.3, 0.4) is 0 Å². The average Bonchev–Trinajstić information content (AvgIpc) is 3.53. The second-order valence-electron chi connectivity index (χ2n) is 11.8. The number of rotatable bonds is 11. The number of carbonyl (C=O) groups is 2. The lowest BCUT2D eigenvalue weighted by molar-refractivity contribution is -0.240. The van der Waals surface area contributed by atoms with Crippen LogP contribution in [0.15, 0.2) is 0 Å². The summed E-state index contributed by atoms with van der Waals surface area (Å²) in [6.07, 6.45) is 6.65. The molecule has 1 aliphatic heterocycles.